The van der Waals surface area contributed by atoms with E-state index in [2.05, 4.69) is 5.32 Å². The highest BCUT2D eigenvalue weighted by atomic mass is 32.2. The highest BCUT2D eigenvalue weighted by Crippen LogP contribution is 2.28. The van der Waals surface area contributed by atoms with Crippen molar-refractivity contribution in [3.63, 3.8) is 0 Å². The average molecular weight is 472 g/mol. The molecular weight excluding hydrogens is 442 g/mol. The van der Waals surface area contributed by atoms with Gasteiger partial charge in [-0.05, 0) is 42.9 Å². The summed E-state index contributed by atoms with van der Waals surface area (Å²) >= 11 is 0. The summed E-state index contributed by atoms with van der Waals surface area (Å²) in [6.45, 7) is 6.67. The molecule has 1 N–H and O–H groups in total. The molecule has 0 saturated carbocycles. The monoisotopic (exact) mass is 471 g/mol. The highest BCUT2D eigenvalue weighted by Gasteiger charge is 2.32. The fraction of sp³-hybridized carbons (Fsp3) is 0.417. The van der Waals surface area contributed by atoms with Gasteiger partial charge in [-0.15, -0.1) is 0 Å². The Labute approximate surface area is 193 Å². The lowest BCUT2D eigenvalue weighted by atomic mass is 9.94. The Morgan fingerprint density at radius 3 is 2.45 bits per heavy atom. The van der Waals surface area contributed by atoms with Gasteiger partial charge in [0.05, 0.1) is 16.5 Å². The number of carbonyl (C=O) groups excluding carboxylic acids is 1. The molecule has 0 radical (unpaired) electrons. The Morgan fingerprint density at radius 1 is 1.12 bits per heavy atom. The summed E-state index contributed by atoms with van der Waals surface area (Å²) in [4.78, 5) is 25.1. The number of piperidine rings is 1. The minimum Gasteiger partial charge on any atom is -0.408 e. The summed E-state index contributed by atoms with van der Waals surface area (Å²) in [5.74, 6) is -0.488. The Balaban J connectivity index is 1.55. The topological polar surface area (TPSA) is 102 Å². The van der Waals surface area contributed by atoms with Gasteiger partial charge in [-0.1, -0.05) is 44.2 Å². The molecule has 0 bridgehead atoms. The van der Waals surface area contributed by atoms with Crippen LogP contribution in [0.5, 0.6) is 0 Å². The van der Waals surface area contributed by atoms with E-state index in [1.807, 2.05) is 51.1 Å². The van der Waals surface area contributed by atoms with Crippen LogP contribution in [0.15, 0.2) is 62.6 Å². The smallest absolute Gasteiger partial charge is 0.408 e. The maximum Gasteiger partial charge on any atom is 0.420 e. The van der Waals surface area contributed by atoms with Crippen LogP contribution in [0, 0.1) is 11.8 Å². The Bertz CT molecular complexity index is 1300. The predicted octanol–water partition coefficient (Wildman–Crippen LogP) is 3.14. The summed E-state index contributed by atoms with van der Waals surface area (Å²) in [6, 6.07) is 13.7. The Morgan fingerprint density at radius 2 is 1.79 bits per heavy atom. The molecule has 176 valence electrons. The first kappa shape index (κ1) is 23.3. The molecule has 0 aliphatic carbocycles. The molecular formula is C24H29N3O5S. The lowest BCUT2D eigenvalue weighted by Gasteiger charge is -2.34. The molecule has 1 amide bonds. The van der Waals surface area contributed by atoms with Gasteiger partial charge in [-0.25, -0.2) is 13.2 Å². The Kier molecular flexibility index (Phi) is 6.45. The molecule has 1 aliphatic rings. The first-order chi connectivity index (χ1) is 15.6. The van der Waals surface area contributed by atoms with Crippen molar-refractivity contribution in [2.24, 2.45) is 11.8 Å². The molecule has 2 heterocycles. The first-order valence-corrected chi connectivity index (χ1v) is 12.6. The molecule has 3 aromatic rings. The van der Waals surface area contributed by atoms with E-state index in [4.69, 9.17) is 4.42 Å². The third kappa shape index (κ3) is 4.89. The second-order valence-electron chi connectivity index (χ2n) is 9.05. The molecule has 3 atom stereocenters. The van der Waals surface area contributed by atoms with Crippen LogP contribution in [0.3, 0.4) is 0 Å². The third-order valence-electron chi connectivity index (χ3n) is 6.09. The van der Waals surface area contributed by atoms with Crippen molar-refractivity contribution in [3.05, 3.63) is 64.6 Å². The number of nitrogens with one attached hydrogen (secondary N) is 1. The van der Waals surface area contributed by atoms with Gasteiger partial charge >= 0.3 is 5.76 Å². The molecule has 8 nitrogen and oxygen atoms in total. The molecule has 0 spiro atoms. The van der Waals surface area contributed by atoms with Gasteiger partial charge in [-0.2, -0.15) is 4.31 Å². The van der Waals surface area contributed by atoms with Crippen LogP contribution < -0.4 is 11.1 Å². The maximum atomic E-state index is 13.2. The highest BCUT2D eigenvalue weighted by molar-refractivity contribution is 7.89. The zero-order chi connectivity index (χ0) is 23.8. The predicted molar refractivity (Wildman–Crippen MR) is 125 cm³/mol. The fourth-order valence-electron chi connectivity index (χ4n) is 4.56. The molecule has 1 aliphatic heterocycles. The fourth-order valence-corrected chi connectivity index (χ4v) is 6.26. The van der Waals surface area contributed by atoms with Gasteiger partial charge in [0.1, 0.15) is 6.54 Å². The normalized spacial score (nSPS) is 20.6. The van der Waals surface area contributed by atoms with Crippen LogP contribution >= 0.6 is 0 Å². The van der Waals surface area contributed by atoms with Gasteiger partial charge in [0, 0.05) is 19.2 Å². The van der Waals surface area contributed by atoms with Crippen LogP contribution in [-0.2, 0) is 21.4 Å². The van der Waals surface area contributed by atoms with E-state index in [1.165, 1.54) is 27.1 Å². The van der Waals surface area contributed by atoms with Gasteiger partial charge in [0.15, 0.2) is 5.58 Å². The zero-order valence-corrected chi connectivity index (χ0v) is 19.8. The number of fused-ring (bicyclic) bond motifs is 1. The summed E-state index contributed by atoms with van der Waals surface area (Å²) in [6.07, 6.45) is 0.994. The van der Waals surface area contributed by atoms with Crippen LogP contribution in [0.2, 0.25) is 0 Å². The largest absolute Gasteiger partial charge is 0.420 e. The molecule has 9 heteroatoms. The van der Waals surface area contributed by atoms with E-state index in [0.717, 1.165) is 12.0 Å². The van der Waals surface area contributed by atoms with Gasteiger partial charge in [0.25, 0.3) is 0 Å². The van der Waals surface area contributed by atoms with Gasteiger partial charge < -0.3 is 9.73 Å². The number of aromatic nitrogens is 1. The van der Waals surface area contributed by atoms with Crippen LogP contribution in [-0.4, -0.2) is 36.3 Å². The van der Waals surface area contributed by atoms with Crippen molar-refractivity contribution < 1.29 is 17.6 Å². The van der Waals surface area contributed by atoms with Crippen LogP contribution in [0.4, 0.5) is 0 Å². The number of oxazole rings is 1. The zero-order valence-electron chi connectivity index (χ0n) is 19.0. The number of nitrogens with zero attached hydrogens (tertiary/aromatic N) is 2. The second kappa shape index (κ2) is 9.15. The van der Waals surface area contributed by atoms with Crippen molar-refractivity contribution in [2.75, 3.05) is 13.1 Å². The van der Waals surface area contributed by atoms with Crippen molar-refractivity contribution >= 4 is 27.0 Å². The summed E-state index contributed by atoms with van der Waals surface area (Å²) in [7, 11) is -3.71. The average Bonchev–Trinajstić information content (AvgIpc) is 3.07. The van der Waals surface area contributed by atoms with Gasteiger partial charge in [0.2, 0.25) is 15.9 Å². The number of benzene rings is 2. The van der Waals surface area contributed by atoms with E-state index in [9.17, 15) is 18.0 Å². The van der Waals surface area contributed by atoms with Gasteiger partial charge in [-0.3, -0.25) is 9.36 Å². The lowest BCUT2D eigenvalue weighted by molar-refractivity contribution is -0.122. The van der Waals surface area contributed by atoms with Crippen LogP contribution in [0.1, 0.15) is 38.8 Å². The quantitative estimate of drug-likeness (QED) is 0.595. The number of carbonyl (C=O) groups is 1. The SMILES string of the molecule is C[C@@H]1C[C@@H](C)CN(S(=O)(=O)c2ccc3c(c2)oc(=O)n3CC(=O)N[C@@H](C)c2ccccc2)C1. The molecule has 4 rings (SSSR count). The lowest BCUT2D eigenvalue weighted by Crippen LogP contribution is -2.42. The van der Waals surface area contributed by atoms with E-state index >= 15 is 0 Å². The molecule has 2 aromatic carbocycles. The minimum atomic E-state index is -3.71. The first-order valence-electron chi connectivity index (χ1n) is 11.1. The summed E-state index contributed by atoms with van der Waals surface area (Å²) in [5.41, 5.74) is 1.47. The van der Waals surface area contributed by atoms with E-state index < -0.39 is 15.8 Å². The maximum absolute atomic E-state index is 13.2. The molecule has 33 heavy (non-hydrogen) atoms. The third-order valence-corrected chi connectivity index (χ3v) is 7.92. The molecule has 1 fully saturated rings. The summed E-state index contributed by atoms with van der Waals surface area (Å²) in [5, 5.41) is 2.87. The molecule has 1 saturated heterocycles. The number of rotatable bonds is 6. The van der Waals surface area contributed by atoms with E-state index in [-0.39, 0.29) is 40.8 Å². The standard InChI is InChI=1S/C24H29N3O5S/c1-16-11-17(2)14-26(13-16)33(30,31)20-9-10-21-22(12-20)32-24(29)27(21)15-23(28)25-18(3)19-7-5-4-6-8-19/h4-10,12,16-18H,11,13-15H2,1-3H3,(H,25,28)/t16-,17-,18+/m1/s1. The van der Waals surface area contributed by atoms with Crippen LogP contribution in [0.25, 0.3) is 11.1 Å². The number of hydrogen-bond donors (Lipinski definition) is 1. The second-order valence-corrected chi connectivity index (χ2v) is 11.0. The van der Waals surface area contributed by atoms with E-state index in [1.54, 1.807) is 0 Å². The number of sulfonamides is 1. The van der Waals surface area contributed by atoms with E-state index in [0.29, 0.717) is 18.6 Å². The number of amides is 1. The summed E-state index contributed by atoms with van der Waals surface area (Å²) < 4.78 is 34.4. The Hall–Kier alpha value is -2.91. The van der Waals surface area contributed by atoms with Crippen molar-refractivity contribution in [1.29, 1.82) is 0 Å². The molecule has 0 unspecified atom stereocenters. The van der Waals surface area contributed by atoms with Crippen molar-refractivity contribution in [2.45, 2.75) is 44.7 Å². The molecule has 1 aromatic heterocycles. The van der Waals surface area contributed by atoms with Crippen molar-refractivity contribution in [3.8, 4) is 0 Å². The minimum absolute atomic E-state index is 0.0827. The van der Waals surface area contributed by atoms with Crippen molar-refractivity contribution in [1.82, 2.24) is 14.2 Å². The number of hydrogen-bond acceptors (Lipinski definition) is 5.